The van der Waals surface area contributed by atoms with E-state index in [1.807, 2.05) is 0 Å². The average Bonchev–Trinajstić information content (AvgIpc) is 1.65. The van der Waals surface area contributed by atoms with E-state index >= 15 is 0 Å². The fraction of sp³-hybridized carbons (Fsp3) is 0.500. The molecule has 3 N–H and O–H groups in total. The number of amides is 1. The molecule has 1 amide bonds. The van der Waals surface area contributed by atoms with Crippen molar-refractivity contribution in [3.63, 3.8) is 0 Å². The summed E-state index contributed by atoms with van der Waals surface area (Å²) in [6.07, 6.45) is -1.64. The molecule has 10 heavy (non-hydrogen) atoms. The molecule has 0 aliphatic heterocycles. The largest absolute Gasteiger partial charge is 1.00 e. The van der Waals surface area contributed by atoms with Gasteiger partial charge >= 0.3 is 51.4 Å². The van der Waals surface area contributed by atoms with E-state index in [-0.39, 0.29) is 57.3 Å². The molecule has 0 heterocycles. The van der Waals surface area contributed by atoms with Crippen LogP contribution in [0.15, 0.2) is 0 Å². The first-order chi connectivity index (χ1) is 4.00. The maximum atomic E-state index is 9.59. The number of carbonyl (C=O) groups excluding carboxylic acids is 1. The minimum atomic E-state index is -2.08. The topological polar surface area (TPSA) is 103 Å². The zero-order valence-electron chi connectivity index (χ0n) is 5.96. The molecule has 0 aromatic carbocycles. The van der Waals surface area contributed by atoms with Crippen LogP contribution < -0.4 is 62.2 Å². The van der Waals surface area contributed by atoms with Crippen molar-refractivity contribution in [3.05, 3.63) is 0 Å². The molecule has 6 heteroatoms. The molecule has 0 aliphatic carbocycles. The van der Waals surface area contributed by atoms with Crippen LogP contribution in [0, 0.1) is 0 Å². The van der Waals surface area contributed by atoms with Gasteiger partial charge in [0.2, 0.25) is 12.1 Å². The standard InChI is InChI=1S/C3H7NO.CH2O3.K/c1-2-3(4)5;2-1(3)4;/h2H2,1H3,(H2,4,5);(H2,2,3,4);/q;;+1/p-1. The number of carboxylic acid groups (broad SMARTS) is 2. The number of primary amides is 1. The van der Waals surface area contributed by atoms with Gasteiger partial charge < -0.3 is 20.7 Å². The van der Waals surface area contributed by atoms with Crippen molar-refractivity contribution in [2.75, 3.05) is 0 Å². The number of hydrogen-bond acceptors (Lipinski definition) is 3. The third kappa shape index (κ3) is 80.7. The van der Waals surface area contributed by atoms with Crippen molar-refractivity contribution < 1.29 is 71.2 Å². The molecule has 0 atom stereocenters. The van der Waals surface area contributed by atoms with Gasteiger partial charge in [0.15, 0.2) is 0 Å². The summed E-state index contributed by atoms with van der Waals surface area (Å²) in [5.74, 6) is -0.245. The van der Waals surface area contributed by atoms with E-state index in [0.29, 0.717) is 6.42 Å². The van der Waals surface area contributed by atoms with Crippen molar-refractivity contribution in [1.82, 2.24) is 0 Å². The summed E-state index contributed by atoms with van der Waals surface area (Å²) in [5, 5.41) is 15.3. The van der Waals surface area contributed by atoms with E-state index in [1.54, 1.807) is 6.92 Å². The van der Waals surface area contributed by atoms with E-state index in [2.05, 4.69) is 5.73 Å². The van der Waals surface area contributed by atoms with E-state index in [0.717, 1.165) is 0 Å². The molecule has 0 spiro atoms. The minimum Gasteiger partial charge on any atom is -0.565 e. The minimum absolute atomic E-state index is 0. The molecule has 0 unspecified atom stereocenters. The van der Waals surface area contributed by atoms with E-state index in [1.165, 1.54) is 0 Å². The maximum Gasteiger partial charge on any atom is 1.00 e. The van der Waals surface area contributed by atoms with Gasteiger partial charge in [-0.1, -0.05) is 6.92 Å². The fourth-order valence-corrected chi connectivity index (χ4v) is 0. The van der Waals surface area contributed by atoms with Gasteiger partial charge in [-0.05, 0) is 0 Å². The number of carbonyl (C=O) groups is 2. The zero-order chi connectivity index (χ0) is 7.86. The molecule has 0 fully saturated rings. The second-order valence-corrected chi connectivity index (χ2v) is 1.09. The van der Waals surface area contributed by atoms with Crippen molar-refractivity contribution in [2.24, 2.45) is 5.73 Å². The molecule has 0 radical (unpaired) electrons. The molecular weight excluding hydrogens is 165 g/mol. The predicted molar refractivity (Wildman–Crippen MR) is 27.5 cm³/mol. The van der Waals surface area contributed by atoms with Gasteiger partial charge in [-0.15, -0.1) is 0 Å². The Morgan fingerprint density at radius 1 is 1.60 bits per heavy atom. The molecule has 0 bridgehead atoms. The molecule has 0 saturated carbocycles. The molecule has 0 aliphatic rings. The van der Waals surface area contributed by atoms with Crippen molar-refractivity contribution in [3.8, 4) is 0 Å². The van der Waals surface area contributed by atoms with Crippen molar-refractivity contribution >= 4 is 12.1 Å². The van der Waals surface area contributed by atoms with Crippen LogP contribution in [0.4, 0.5) is 4.79 Å². The molecular formula is C4H8KNO4. The van der Waals surface area contributed by atoms with E-state index in [9.17, 15) is 4.79 Å². The molecule has 0 aromatic rings. The quantitative estimate of drug-likeness (QED) is 0.392. The smallest absolute Gasteiger partial charge is 0.565 e. The van der Waals surface area contributed by atoms with E-state index < -0.39 is 6.16 Å². The number of nitrogens with two attached hydrogens (primary N) is 1. The summed E-state index contributed by atoms with van der Waals surface area (Å²) in [6, 6.07) is 0. The van der Waals surface area contributed by atoms with E-state index in [4.69, 9.17) is 15.0 Å². The van der Waals surface area contributed by atoms with Crippen LogP contribution in [0.25, 0.3) is 0 Å². The van der Waals surface area contributed by atoms with Crippen LogP contribution in [-0.4, -0.2) is 17.2 Å². The second kappa shape index (κ2) is 12.1. The van der Waals surface area contributed by atoms with Crippen LogP contribution in [0.3, 0.4) is 0 Å². The first-order valence-electron chi connectivity index (χ1n) is 2.19. The van der Waals surface area contributed by atoms with Gasteiger partial charge in [-0.3, -0.25) is 4.79 Å². The maximum absolute atomic E-state index is 9.59. The second-order valence-electron chi connectivity index (χ2n) is 1.09. The Morgan fingerprint density at radius 2 is 1.70 bits per heavy atom. The number of rotatable bonds is 1. The Kier molecular flexibility index (Phi) is 20.3. The number of hydrogen-bond donors (Lipinski definition) is 2. The normalized spacial score (nSPS) is 6.10. The summed E-state index contributed by atoms with van der Waals surface area (Å²) < 4.78 is 0. The van der Waals surface area contributed by atoms with Gasteiger partial charge in [-0.25, -0.2) is 0 Å². The first kappa shape index (κ1) is 16.8. The summed E-state index contributed by atoms with van der Waals surface area (Å²) in [4.78, 5) is 18.0. The Hall–Kier alpha value is 0.376. The van der Waals surface area contributed by atoms with Gasteiger partial charge in [-0.2, -0.15) is 0 Å². The van der Waals surface area contributed by atoms with Gasteiger partial charge in [0, 0.05) is 6.42 Å². The molecule has 5 nitrogen and oxygen atoms in total. The molecule has 0 aromatic heterocycles. The Labute approximate surface area is 101 Å². The van der Waals surface area contributed by atoms with Crippen LogP contribution in [-0.2, 0) is 4.79 Å². The monoisotopic (exact) mass is 173 g/mol. The van der Waals surface area contributed by atoms with Crippen LogP contribution in [0.5, 0.6) is 0 Å². The Bertz CT molecular complexity index is 101. The summed E-state index contributed by atoms with van der Waals surface area (Å²) in [5.41, 5.74) is 4.65. The summed E-state index contributed by atoms with van der Waals surface area (Å²) >= 11 is 0. The van der Waals surface area contributed by atoms with Gasteiger partial charge in [0.05, 0.1) is 0 Å². The fourth-order valence-electron chi connectivity index (χ4n) is 0. The Balaban J connectivity index is -0.0000000910. The van der Waals surface area contributed by atoms with Crippen molar-refractivity contribution in [2.45, 2.75) is 13.3 Å². The van der Waals surface area contributed by atoms with Crippen LogP contribution >= 0.6 is 0 Å². The first-order valence-corrected chi connectivity index (χ1v) is 2.19. The molecule has 0 saturated heterocycles. The van der Waals surface area contributed by atoms with Crippen molar-refractivity contribution in [1.29, 1.82) is 0 Å². The Morgan fingerprint density at radius 3 is 1.70 bits per heavy atom. The summed E-state index contributed by atoms with van der Waals surface area (Å²) in [7, 11) is 0. The third-order valence-electron chi connectivity index (χ3n) is 0.348. The third-order valence-corrected chi connectivity index (χ3v) is 0.348. The van der Waals surface area contributed by atoms with Crippen LogP contribution in [0.1, 0.15) is 13.3 Å². The molecule has 0 rings (SSSR count). The summed E-state index contributed by atoms with van der Waals surface area (Å²) in [6.45, 7) is 1.72. The molecule has 54 valence electrons. The predicted octanol–water partition coefficient (Wildman–Crippen LogP) is -4.23. The van der Waals surface area contributed by atoms with Crippen LogP contribution in [0.2, 0.25) is 0 Å². The average molecular weight is 173 g/mol. The van der Waals surface area contributed by atoms with Gasteiger partial charge in [0.1, 0.15) is 0 Å². The van der Waals surface area contributed by atoms with Gasteiger partial charge in [0.25, 0.3) is 0 Å². The zero-order valence-corrected chi connectivity index (χ0v) is 9.08. The SMILES string of the molecule is CCC(N)=O.O=C([O-])O.[K+].